The van der Waals surface area contributed by atoms with Crippen LogP contribution in [-0.4, -0.2) is 28.5 Å². The van der Waals surface area contributed by atoms with Crippen molar-refractivity contribution >= 4 is 11.6 Å². The molecule has 2 aliphatic rings. The Morgan fingerprint density at radius 2 is 1.81 bits per heavy atom. The van der Waals surface area contributed by atoms with Crippen LogP contribution in [-0.2, 0) is 34.7 Å². The Morgan fingerprint density at radius 1 is 1.11 bits per heavy atom. The first-order valence-electron chi connectivity index (χ1n) is 9.50. The van der Waals surface area contributed by atoms with Gasteiger partial charge in [0.25, 0.3) is 0 Å². The lowest BCUT2D eigenvalue weighted by Gasteiger charge is -2.42. The van der Waals surface area contributed by atoms with E-state index in [1.54, 1.807) is 6.92 Å². The van der Waals surface area contributed by atoms with Gasteiger partial charge in [0.1, 0.15) is 6.10 Å². The van der Waals surface area contributed by atoms with Crippen LogP contribution in [0.4, 0.5) is 0 Å². The maximum Gasteiger partial charge on any atom is 0.198 e. The molecular formula is C22H25ClO4. The van der Waals surface area contributed by atoms with Crippen molar-refractivity contribution in [1.29, 1.82) is 0 Å². The lowest BCUT2D eigenvalue weighted by molar-refractivity contribution is -0.318. The van der Waals surface area contributed by atoms with E-state index in [2.05, 4.69) is 31.2 Å². The lowest BCUT2D eigenvalue weighted by atomic mass is 9.88. The number of rotatable bonds is 3. The number of benzene rings is 2. The minimum Gasteiger partial charge on any atom is -0.390 e. The first kappa shape index (κ1) is 18.9. The number of fused-ring (bicyclic) bond motifs is 2. The largest absolute Gasteiger partial charge is 0.390 e. The first-order chi connectivity index (χ1) is 12.9. The zero-order chi connectivity index (χ0) is 19.2. The second-order valence-electron chi connectivity index (χ2n) is 7.53. The van der Waals surface area contributed by atoms with Gasteiger partial charge >= 0.3 is 0 Å². The number of halogens is 1. The smallest absolute Gasteiger partial charge is 0.198 e. The summed E-state index contributed by atoms with van der Waals surface area (Å²) >= 11 is 6.54. The van der Waals surface area contributed by atoms with Crippen LogP contribution in [0, 0.1) is 0 Å². The molecule has 27 heavy (non-hydrogen) atoms. The number of aryl methyl sites for hydroxylation is 1. The maximum atomic E-state index is 10.3. The van der Waals surface area contributed by atoms with Gasteiger partial charge in [-0.3, -0.25) is 0 Å². The second kappa shape index (κ2) is 7.19. The molecular weight excluding hydrogens is 364 g/mol. The molecule has 4 atom stereocenters. The van der Waals surface area contributed by atoms with Gasteiger partial charge in [0.05, 0.1) is 18.8 Å². The molecule has 5 heteroatoms. The predicted octanol–water partition coefficient (Wildman–Crippen LogP) is 3.71. The third kappa shape index (κ3) is 3.30. The van der Waals surface area contributed by atoms with Crippen LogP contribution >= 0.6 is 11.6 Å². The van der Waals surface area contributed by atoms with E-state index in [0.29, 0.717) is 18.1 Å². The summed E-state index contributed by atoms with van der Waals surface area (Å²) in [6, 6.07) is 12.4. The summed E-state index contributed by atoms with van der Waals surface area (Å²) < 4.78 is 12.1. The van der Waals surface area contributed by atoms with Crippen molar-refractivity contribution in [2.75, 3.05) is 0 Å². The van der Waals surface area contributed by atoms with Crippen LogP contribution in [0.3, 0.4) is 0 Å². The molecule has 2 aromatic rings. The van der Waals surface area contributed by atoms with Crippen molar-refractivity contribution in [3.05, 3.63) is 69.2 Å². The van der Waals surface area contributed by atoms with Crippen molar-refractivity contribution in [3.63, 3.8) is 0 Å². The molecule has 144 valence electrons. The van der Waals surface area contributed by atoms with Gasteiger partial charge in [-0.2, -0.15) is 0 Å². The molecule has 1 spiro atoms. The van der Waals surface area contributed by atoms with Gasteiger partial charge in [0, 0.05) is 17.0 Å². The quantitative estimate of drug-likeness (QED) is 0.841. The highest BCUT2D eigenvalue weighted by Gasteiger charge is 2.51. The van der Waals surface area contributed by atoms with Gasteiger partial charge in [-0.15, -0.1) is 0 Å². The molecule has 0 aromatic heterocycles. The van der Waals surface area contributed by atoms with E-state index in [9.17, 15) is 10.2 Å². The highest BCUT2D eigenvalue weighted by molar-refractivity contribution is 6.31. The fraction of sp³-hybridized carbons (Fsp3) is 0.455. The average molecular weight is 389 g/mol. The zero-order valence-corrected chi connectivity index (χ0v) is 16.4. The molecule has 0 radical (unpaired) electrons. The standard InChI is InChI=1S/C22H25ClO4/c1-3-14-4-6-15(7-5-14)10-16-17-12-26-22(18(17)8-9-19(16)23)11-20(24)21(25)13(2)27-22/h4-9,13,20-21,24-25H,3,10-12H2,1-2H3/t13?,20?,21-,22?/m0/s1. The molecule has 3 unspecified atom stereocenters. The molecule has 2 N–H and O–H groups in total. The van der Waals surface area contributed by atoms with Crippen molar-refractivity contribution in [2.45, 2.75) is 63.8 Å². The highest BCUT2D eigenvalue weighted by Crippen LogP contribution is 2.47. The van der Waals surface area contributed by atoms with Crippen molar-refractivity contribution in [2.24, 2.45) is 0 Å². The molecule has 0 bridgehead atoms. The van der Waals surface area contributed by atoms with Gasteiger partial charge in [-0.1, -0.05) is 48.9 Å². The summed E-state index contributed by atoms with van der Waals surface area (Å²) in [5, 5.41) is 21.0. The first-order valence-corrected chi connectivity index (χ1v) is 9.88. The Morgan fingerprint density at radius 3 is 2.48 bits per heavy atom. The van der Waals surface area contributed by atoms with Gasteiger partial charge in [-0.25, -0.2) is 0 Å². The second-order valence-corrected chi connectivity index (χ2v) is 7.93. The van der Waals surface area contributed by atoms with Crippen LogP contribution in [0.15, 0.2) is 36.4 Å². The fourth-order valence-electron chi connectivity index (χ4n) is 4.13. The monoisotopic (exact) mass is 388 g/mol. The molecule has 0 aliphatic carbocycles. The van der Waals surface area contributed by atoms with E-state index in [1.807, 2.05) is 12.1 Å². The predicted molar refractivity (Wildman–Crippen MR) is 104 cm³/mol. The normalized spacial score (nSPS) is 29.9. The SMILES string of the molecule is CCc1ccc(Cc2c(Cl)ccc3c2COC32CC(O)[C@@H](O)C(C)O2)cc1. The molecule has 1 saturated heterocycles. The number of ether oxygens (including phenoxy) is 2. The zero-order valence-electron chi connectivity index (χ0n) is 15.6. The molecule has 2 heterocycles. The van der Waals surface area contributed by atoms with E-state index in [4.69, 9.17) is 21.1 Å². The summed E-state index contributed by atoms with van der Waals surface area (Å²) in [6.45, 7) is 4.28. The summed E-state index contributed by atoms with van der Waals surface area (Å²) in [5.74, 6) is -1.02. The van der Waals surface area contributed by atoms with Crippen LogP contribution in [0.5, 0.6) is 0 Å². The van der Waals surface area contributed by atoms with E-state index >= 15 is 0 Å². The van der Waals surface area contributed by atoms with Gasteiger partial charge in [0.15, 0.2) is 5.79 Å². The molecule has 4 rings (SSSR count). The van der Waals surface area contributed by atoms with Crippen molar-refractivity contribution in [1.82, 2.24) is 0 Å². The Balaban J connectivity index is 1.69. The Labute approximate surface area is 164 Å². The van der Waals surface area contributed by atoms with Gasteiger partial charge in [-0.05, 0) is 48.1 Å². The van der Waals surface area contributed by atoms with Crippen LogP contribution < -0.4 is 0 Å². The number of hydrogen-bond acceptors (Lipinski definition) is 4. The minimum atomic E-state index is -1.02. The number of aliphatic hydroxyl groups is 2. The molecule has 2 aliphatic heterocycles. The molecule has 0 saturated carbocycles. The van der Waals surface area contributed by atoms with Crippen LogP contribution in [0.1, 0.15) is 48.1 Å². The summed E-state index contributed by atoms with van der Waals surface area (Å²) in [4.78, 5) is 0. The molecule has 2 aromatic carbocycles. The topological polar surface area (TPSA) is 58.9 Å². The number of hydrogen-bond donors (Lipinski definition) is 2. The van der Waals surface area contributed by atoms with Gasteiger partial charge < -0.3 is 19.7 Å². The van der Waals surface area contributed by atoms with Gasteiger partial charge in [0.2, 0.25) is 0 Å². The van der Waals surface area contributed by atoms with Crippen molar-refractivity contribution < 1.29 is 19.7 Å². The Bertz CT molecular complexity index is 821. The Hall–Kier alpha value is -1.43. The summed E-state index contributed by atoms with van der Waals surface area (Å²) in [7, 11) is 0. The summed E-state index contributed by atoms with van der Waals surface area (Å²) in [6.07, 6.45) is -0.376. The summed E-state index contributed by atoms with van der Waals surface area (Å²) in [5.41, 5.74) is 5.47. The Kier molecular flexibility index (Phi) is 5.04. The molecule has 4 nitrogen and oxygen atoms in total. The third-order valence-corrected chi connectivity index (χ3v) is 6.13. The van der Waals surface area contributed by atoms with E-state index in [1.165, 1.54) is 11.1 Å². The minimum absolute atomic E-state index is 0.206. The lowest BCUT2D eigenvalue weighted by Crippen LogP contribution is -2.52. The average Bonchev–Trinajstić information content (AvgIpc) is 3.00. The van der Waals surface area contributed by atoms with E-state index in [-0.39, 0.29) is 6.42 Å². The van der Waals surface area contributed by atoms with E-state index in [0.717, 1.165) is 23.1 Å². The molecule has 0 amide bonds. The molecule has 1 fully saturated rings. The van der Waals surface area contributed by atoms with Crippen molar-refractivity contribution in [3.8, 4) is 0 Å². The number of aliphatic hydroxyl groups excluding tert-OH is 2. The highest BCUT2D eigenvalue weighted by atomic mass is 35.5. The third-order valence-electron chi connectivity index (χ3n) is 5.78. The van der Waals surface area contributed by atoms with Crippen LogP contribution in [0.2, 0.25) is 5.02 Å². The maximum absolute atomic E-state index is 10.3. The fourth-order valence-corrected chi connectivity index (χ4v) is 4.38. The van der Waals surface area contributed by atoms with Crippen LogP contribution in [0.25, 0.3) is 0 Å². The van der Waals surface area contributed by atoms with E-state index < -0.39 is 24.1 Å².